The van der Waals surface area contributed by atoms with E-state index in [4.69, 9.17) is 34.2 Å². The average molecular weight is 596 g/mol. The Labute approximate surface area is 249 Å². The maximum atomic E-state index is 12.8. The molecule has 0 aliphatic heterocycles. The van der Waals surface area contributed by atoms with Crippen LogP contribution in [0.3, 0.4) is 0 Å². The van der Waals surface area contributed by atoms with E-state index in [2.05, 4.69) is 0 Å². The molecule has 2 unspecified atom stereocenters. The Hall–Kier alpha value is -3.34. The van der Waals surface area contributed by atoms with Crippen LogP contribution < -0.4 is 15.2 Å². The van der Waals surface area contributed by atoms with Gasteiger partial charge in [-0.1, -0.05) is 67.9 Å². The molecular formula is C31H49NO10. The number of hydrogen-bond donors (Lipinski definition) is 1. The third-order valence-corrected chi connectivity index (χ3v) is 5.85. The SMILES string of the molecule is CCCC(C)C(=O)OC(C)C[C@@](N)(Cc1ccc(OC(=O)OCC(C)(C)C)c(OC(=O)OCC(C)(C)C)c1)C(=O)OC. The highest BCUT2D eigenvalue weighted by atomic mass is 16.7. The second-order valence-electron chi connectivity index (χ2n) is 13.1. The van der Waals surface area contributed by atoms with Crippen molar-refractivity contribution in [2.45, 2.75) is 99.6 Å². The first-order valence-corrected chi connectivity index (χ1v) is 14.2. The van der Waals surface area contributed by atoms with Crippen LogP contribution in [-0.4, -0.2) is 56.2 Å². The average Bonchev–Trinajstić information content (AvgIpc) is 2.86. The lowest BCUT2D eigenvalue weighted by Gasteiger charge is -2.30. The Kier molecular flexibility index (Phi) is 13.8. The van der Waals surface area contributed by atoms with Gasteiger partial charge in [0.25, 0.3) is 0 Å². The second kappa shape index (κ2) is 15.8. The van der Waals surface area contributed by atoms with Crippen molar-refractivity contribution in [1.82, 2.24) is 0 Å². The molecule has 2 N–H and O–H groups in total. The van der Waals surface area contributed by atoms with Crippen molar-refractivity contribution in [3.63, 3.8) is 0 Å². The molecule has 1 rings (SSSR count). The summed E-state index contributed by atoms with van der Waals surface area (Å²) in [7, 11) is 1.21. The van der Waals surface area contributed by atoms with Gasteiger partial charge in [-0.05, 0) is 41.9 Å². The van der Waals surface area contributed by atoms with Crippen LogP contribution in [0.25, 0.3) is 0 Å². The molecule has 42 heavy (non-hydrogen) atoms. The van der Waals surface area contributed by atoms with E-state index in [9.17, 15) is 19.2 Å². The number of esters is 2. The van der Waals surface area contributed by atoms with Crippen LogP contribution in [0.2, 0.25) is 0 Å². The molecule has 0 amide bonds. The zero-order chi connectivity index (χ0) is 32.3. The van der Waals surface area contributed by atoms with Crippen molar-refractivity contribution in [2.24, 2.45) is 22.5 Å². The van der Waals surface area contributed by atoms with Crippen molar-refractivity contribution in [2.75, 3.05) is 20.3 Å². The minimum absolute atomic E-state index is 0.0363. The van der Waals surface area contributed by atoms with Gasteiger partial charge in [0.05, 0.1) is 26.2 Å². The Morgan fingerprint density at radius 2 is 1.38 bits per heavy atom. The minimum Gasteiger partial charge on any atom is -0.468 e. The van der Waals surface area contributed by atoms with Crippen LogP contribution in [0, 0.1) is 16.7 Å². The summed E-state index contributed by atoms with van der Waals surface area (Å²) in [5.74, 6) is -1.62. The lowest BCUT2D eigenvalue weighted by Crippen LogP contribution is -2.53. The Bertz CT molecular complexity index is 1070. The number of ether oxygens (including phenoxy) is 6. The third kappa shape index (κ3) is 13.5. The van der Waals surface area contributed by atoms with Crippen molar-refractivity contribution >= 4 is 24.2 Å². The van der Waals surface area contributed by atoms with Gasteiger partial charge in [-0.2, -0.15) is 0 Å². The number of carbonyl (C=O) groups excluding carboxylic acids is 4. The lowest BCUT2D eigenvalue weighted by atomic mass is 9.86. The van der Waals surface area contributed by atoms with Gasteiger partial charge in [-0.3, -0.25) is 9.59 Å². The molecule has 3 atom stereocenters. The van der Waals surface area contributed by atoms with E-state index in [1.807, 2.05) is 48.5 Å². The molecule has 0 aliphatic carbocycles. The van der Waals surface area contributed by atoms with Crippen LogP contribution in [0.5, 0.6) is 11.5 Å². The second-order valence-corrected chi connectivity index (χ2v) is 13.1. The van der Waals surface area contributed by atoms with Crippen molar-refractivity contribution in [1.29, 1.82) is 0 Å². The summed E-state index contributed by atoms with van der Waals surface area (Å²) >= 11 is 0. The number of methoxy groups -OCH3 is 1. The molecule has 238 valence electrons. The predicted molar refractivity (Wildman–Crippen MR) is 156 cm³/mol. The van der Waals surface area contributed by atoms with E-state index in [-0.39, 0.29) is 60.3 Å². The fraction of sp³-hybridized carbons (Fsp3) is 0.677. The molecule has 0 bridgehead atoms. The molecule has 0 radical (unpaired) electrons. The summed E-state index contributed by atoms with van der Waals surface area (Å²) in [6, 6.07) is 4.37. The van der Waals surface area contributed by atoms with E-state index in [1.54, 1.807) is 19.9 Å². The standard InChI is InChI=1S/C31H49NO10/c1-11-12-20(2)25(33)40-21(3)16-31(32,26(34)37-10)17-22-13-14-23(41-27(35)38-18-29(4,5)6)24(15-22)42-28(36)39-19-30(7,8)9/h13-15,20-21H,11-12,16-19,32H2,1-10H3/t20?,21?,31-/m1/s1. The van der Waals surface area contributed by atoms with E-state index >= 15 is 0 Å². The summed E-state index contributed by atoms with van der Waals surface area (Å²) in [6.45, 7) is 16.9. The van der Waals surface area contributed by atoms with Crippen LogP contribution in [-0.2, 0) is 35.0 Å². The summed E-state index contributed by atoms with van der Waals surface area (Å²) in [4.78, 5) is 50.1. The molecule has 11 heteroatoms. The zero-order valence-electron chi connectivity index (χ0n) is 26.8. The molecule has 11 nitrogen and oxygen atoms in total. The summed E-state index contributed by atoms with van der Waals surface area (Å²) < 4.78 is 31.6. The van der Waals surface area contributed by atoms with Gasteiger partial charge in [0.1, 0.15) is 11.6 Å². The molecule has 0 heterocycles. The van der Waals surface area contributed by atoms with Crippen LogP contribution in [0.4, 0.5) is 9.59 Å². The fourth-order valence-electron chi connectivity index (χ4n) is 3.83. The zero-order valence-corrected chi connectivity index (χ0v) is 26.8. The molecule has 0 fully saturated rings. The smallest absolute Gasteiger partial charge is 0.468 e. The molecule has 0 aliphatic rings. The van der Waals surface area contributed by atoms with Gasteiger partial charge in [-0.25, -0.2) is 9.59 Å². The van der Waals surface area contributed by atoms with E-state index < -0.39 is 29.9 Å². The van der Waals surface area contributed by atoms with Crippen molar-refractivity contribution in [3.05, 3.63) is 23.8 Å². The minimum atomic E-state index is -1.60. The van der Waals surface area contributed by atoms with Gasteiger partial charge in [0, 0.05) is 12.8 Å². The quantitative estimate of drug-likeness (QED) is 0.163. The topological polar surface area (TPSA) is 150 Å². The highest BCUT2D eigenvalue weighted by Gasteiger charge is 2.38. The van der Waals surface area contributed by atoms with Crippen LogP contribution in [0.1, 0.15) is 87.1 Å². The molecule has 0 spiro atoms. The normalized spacial score (nSPS) is 14.5. The summed E-state index contributed by atoms with van der Waals surface area (Å²) in [5, 5.41) is 0. The Balaban J connectivity index is 3.26. The molecular weight excluding hydrogens is 546 g/mol. The Morgan fingerprint density at radius 3 is 1.86 bits per heavy atom. The number of benzene rings is 1. The number of rotatable bonds is 13. The highest BCUT2D eigenvalue weighted by molar-refractivity contribution is 5.81. The van der Waals surface area contributed by atoms with E-state index in [1.165, 1.54) is 19.2 Å². The molecule has 0 saturated carbocycles. The summed E-state index contributed by atoms with van der Waals surface area (Å²) in [5.41, 5.74) is 4.79. The first kappa shape index (κ1) is 36.7. The number of nitrogens with two attached hydrogens (primary N) is 1. The van der Waals surface area contributed by atoms with Gasteiger partial charge in [0.15, 0.2) is 11.5 Å². The third-order valence-electron chi connectivity index (χ3n) is 5.85. The van der Waals surface area contributed by atoms with Crippen molar-refractivity contribution < 1.29 is 47.6 Å². The highest BCUT2D eigenvalue weighted by Crippen LogP contribution is 2.32. The maximum absolute atomic E-state index is 12.8. The van der Waals surface area contributed by atoms with Gasteiger partial charge >= 0.3 is 24.2 Å². The fourth-order valence-corrected chi connectivity index (χ4v) is 3.83. The maximum Gasteiger partial charge on any atom is 0.513 e. The number of hydrogen-bond acceptors (Lipinski definition) is 11. The van der Waals surface area contributed by atoms with Crippen LogP contribution >= 0.6 is 0 Å². The van der Waals surface area contributed by atoms with Gasteiger partial charge in [-0.15, -0.1) is 0 Å². The Morgan fingerprint density at radius 1 is 0.857 bits per heavy atom. The van der Waals surface area contributed by atoms with E-state index in [0.717, 1.165) is 6.42 Å². The van der Waals surface area contributed by atoms with Gasteiger partial charge < -0.3 is 34.2 Å². The summed E-state index contributed by atoms with van der Waals surface area (Å²) in [6.07, 6.45) is -1.29. The molecule has 0 aromatic heterocycles. The lowest BCUT2D eigenvalue weighted by molar-refractivity contribution is -0.157. The number of carbonyl (C=O) groups is 4. The molecule has 1 aromatic carbocycles. The van der Waals surface area contributed by atoms with E-state index in [0.29, 0.717) is 12.0 Å². The van der Waals surface area contributed by atoms with Crippen molar-refractivity contribution in [3.8, 4) is 11.5 Å². The molecule has 0 saturated heterocycles. The molecule has 1 aromatic rings. The monoisotopic (exact) mass is 595 g/mol. The first-order valence-electron chi connectivity index (χ1n) is 14.2. The largest absolute Gasteiger partial charge is 0.513 e. The van der Waals surface area contributed by atoms with Crippen LogP contribution in [0.15, 0.2) is 18.2 Å². The van der Waals surface area contributed by atoms with Gasteiger partial charge in [0.2, 0.25) is 0 Å². The predicted octanol–water partition coefficient (Wildman–Crippen LogP) is 5.98. The first-order chi connectivity index (χ1) is 19.3.